The van der Waals surface area contributed by atoms with Crippen molar-refractivity contribution in [3.63, 3.8) is 0 Å². The van der Waals surface area contributed by atoms with Crippen molar-refractivity contribution in [2.24, 2.45) is 5.92 Å². The van der Waals surface area contributed by atoms with Crippen molar-refractivity contribution in [1.29, 1.82) is 0 Å². The van der Waals surface area contributed by atoms with Crippen LogP contribution in [0.1, 0.15) is 37.7 Å². The number of rotatable bonds is 2. The van der Waals surface area contributed by atoms with Crippen molar-refractivity contribution in [2.75, 3.05) is 0 Å². The zero-order valence-electron chi connectivity index (χ0n) is 9.58. The average Bonchev–Trinajstić information content (AvgIpc) is 2.52. The van der Waals surface area contributed by atoms with Crippen molar-refractivity contribution >= 4 is 5.91 Å². The molecular formula is C12H18N2O. The van der Waals surface area contributed by atoms with Gasteiger partial charge < -0.3 is 9.88 Å². The van der Waals surface area contributed by atoms with Crippen LogP contribution in [0.5, 0.6) is 0 Å². The summed E-state index contributed by atoms with van der Waals surface area (Å²) in [7, 11) is 0. The molecule has 0 radical (unpaired) electrons. The largest absolute Gasteiger partial charge is 0.349 e. The molecule has 2 rings (SSSR count). The van der Waals surface area contributed by atoms with E-state index in [0.717, 1.165) is 6.42 Å². The van der Waals surface area contributed by atoms with Gasteiger partial charge in [-0.25, -0.2) is 0 Å². The van der Waals surface area contributed by atoms with Crippen molar-refractivity contribution in [3.05, 3.63) is 23.5 Å². The lowest BCUT2D eigenvalue weighted by molar-refractivity contribution is -0.126. The van der Waals surface area contributed by atoms with E-state index in [4.69, 9.17) is 0 Å². The maximum Gasteiger partial charge on any atom is 0.243 e. The van der Waals surface area contributed by atoms with Gasteiger partial charge in [0, 0.05) is 11.4 Å². The molecule has 0 spiro atoms. The molecule has 1 atom stereocenters. The number of aromatic nitrogens is 1. The number of nitrogens with zero attached hydrogens (tertiary/aromatic N) is 1. The van der Waals surface area contributed by atoms with Gasteiger partial charge in [-0.3, -0.25) is 4.79 Å². The summed E-state index contributed by atoms with van der Waals surface area (Å²) in [6, 6.07) is 4.18. The Hall–Kier alpha value is -1.25. The zero-order chi connectivity index (χ0) is 11.0. The zero-order valence-corrected chi connectivity index (χ0v) is 9.58. The van der Waals surface area contributed by atoms with Gasteiger partial charge in [0.1, 0.15) is 6.04 Å². The SMILES string of the molecule is Cc1ccc2n1[C@@H](CC(C)C)C(=O)NC2. The van der Waals surface area contributed by atoms with Gasteiger partial charge in [-0.2, -0.15) is 0 Å². The third kappa shape index (κ3) is 1.78. The van der Waals surface area contributed by atoms with Gasteiger partial charge >= 0.3 is 0 Å². The molecule has 3 heteroatoms. The van der Waals surface area contributed by atoms with Crippen LogP contribution in [-0.2, 0) is 11.3 Å². The fraction of sp³-hybridized carbons (Fsp3) is 0.583. The summed E-state index contributed by atoms with van der Waals surface area (Å²) < 4.78 is 2.18. The third-order valence-electron chi connectivity index (χ3n) is 2.96. The first-order chi connectivity index (χ1) is 7.09. The summed E-state index contributed by atoms with van der Waals surface area (Å²) in [4.78, 5) is 11.8. The number of fused-ring (bicyclic) bond motifs is 1. The van der Waals surface area contributed by atoms with Crippen LogP contribution in [0.4, 0.5) is 0 Å². The van der Waals surface area contributed by atoms with Gasteiger partial charge in [-0.15, -0.1) is 0 Å². The maximum absolute atomic E-state index is 11.8. The van der Waals surface area contributed by atoms with E-state index in [1.165, 1.54) is 11.4 Å². The molecule has 0 saturated heterocycles. The molecule has 2 heterocycles. The molecule has 0 unspecified atom stereocenters. The summed E-state index contributed by atoms with van der Waals surface area (Å²) in [6.45, 7) is 7.04. The fourth-order valence-corrected chi connectivity index (χ4v) is 2.27. The molecule has 0 aliphatic carbocycles. The molecule has 0 aromatic carbocycles. The van der Waals surface area contributed by atoms with Gasteiger partial charge in [-0.1, -0.05) is 13.8 Å². The lowest BCUT2D eigenvalue weighted by atomic mass is 10.0. The molecule has 1 aliphatic rings. The summed E-state index contributed by atoms with van der Waals surface area (Å²) in [5, 5.41) is 2.95. The first kappa shape index (κ1) is 10.3. The monoisotopic (exact) mass is 206 g/mol. The minimum absolute atomic E-state index is 0.0104. The number of hydrogen-bond acceptors (Lipinski definition) is 1. The number of carbonyl (C=O) groups excluding carboxylic acids is 1. The van der Waals surface area contributed by atoms with E-state index in [0.29, 0.717) is 12.5 Å². The number of carbonyl (C=O) groups is 1. The molecule has 1 aromatic rings. The van der Waals surface area contributed by atoms with E-state index in [2.05, 4.69) is 42.8 Å². The Balaban J connectivity index is 2.36. The first-order valence-electron chi connectivity index (χ1n) is 5.54. The molecule has 1 amide bonds. The van der Waals surface area contributed by atoms with Crippen LogP contribution in [0, 0.1) is 12.8 Å². The second-order valence-electron chi connectivity index (χ2n) is 4.70. The van der Waals surface area contributed by atoms with E-state index < -0.39 is 0 Å². The van der Waals surface area contributed by atoms with E-state index in [-0.39, 0.29) is 11.9 Å². The van der Waals surface area contributed by atoms with Gasteiger partial charge in [0.2, 0.25) is 5.91 Å². The van der Waals surface area contributed by atoms with Gasteiger partial charge in [0.25, 0.3) is 0 Å². The highest BCUT2D eigenvalue weighted by Gasteiger charge is 2.28. The van der Waals surface area contributed by atoms with E-state index in [1.807, 2.05) is 0 Å². The normalized spacial score (nSPS) is 20.3. The minimum Gasteiger partial charge on any atom is -0.349 e. The smallest absolute Gasteiger partial charge is 0.243 e. The van der Waals surface area contributed by atoms with Gasteiger partial charge in [0.15, 0.2) is 0 Å². The number of aryl methyl sites for hydroxylation is 1. The quantitative estimate of drug-likeness (QED) is 0.789. The van der Waals surface area contributed by atoms with Gasteiger partial charge in [-0.05, 0) is 31.4 Å². The summed E-state index contributed by atoms with van der Waals surface area (Å²) in [6.07, 6.45) is 0.911. The number of hydrogen-bond donors (Lipinski definition) is 1. The van der Waals surface area contributed by atoms with E-state index in [1.54, 1.807) is 0 Å². The highest BCUT2D eigenvalue weighted by molar-refractivity contribution is 5.81. The Morgan fingerprint density at radius 3 is 2.93 bits per heavy atom. The van der Waals surface area contributed by atoms with Crippen molar-refractivity contribution in [1.82, 2.24) is 9.88 Å². The summed E-state index contributed by atoms with van der Waals surface area (Å²) in [5.41, 5.74) is 2.41. The van der Waals surface area contributed by atoms with Crippen molar-refractivity contribution in [3.8, 4) is 0 Å². The van der Waals surface area contributed by atoms with Crippen LogP contribution in [0.3, 0.4) is 0 Å². The summed E-state index contributed by atoms with van der Waals surface area (Å²) >= 11 is 0. The Bertz CT molecular complexity index is 379. The third-order valence-corrected chi connectivity index (χ3v) is 2.96. The first-order valence-corrected chi connectivity index (χ1v) is 5.54. The highest BCUT2D eigenvalue weighted by Crippen LogP contribution is 2.26. The molecule has 1 N–H and O–H groups in total. The molecule has 0 fully saturated rings. The molecule has 0 bridgehead atoms. The van der Waals surface area contributed by atoms with Crippen LogP contribution in [0.15, 0.2) is 12.1 Å². The maximum atomic E-state index is 11.8. The van der Waals surface area contributed by atoms with E-state index >= 15 is 0 Å². The molecule has 1 aliphatic heterocycles. The Morgan fingerprint density at radius 1 is 1.53 bits per heavy atom. The molecule has 15 heavy (non-hydrogen) atoms. The van der Waals surface area contributed by atoms with Crippen molar-refractivity contribution in [2.45, 2.75) is 39.8 Å². The lowest BCUT2D eigenvalue weighted by Gasteiger charge is -2.28. The van der Waals surface area contributed by atoms with Crippen LogP contribution in [0.25, 0.3) is 0 Å². The van der Waals surface area contributed by atoms with Crippen LogP contribution in [0.2, 0.25) is 0 Å². The predicted molar refractivity (Wildman–Crippen MR) is 59.5 cm³/mol. The lowest BCUT2D eigenvalue weighted by Crippen LogP contribution is -2.39. The minimum atomic E-state index is -0.0104. The number of amides is 1. The predicted octanol–water partition coefficient (Wildman–Crippen LogP) is 2.01. The standard InChI is InChI=1S/C12H18N2O/c1-8(2)6-11-12(15)13-7-10-5-4-9(3)14(10)11/h4-5,8,11H,6-7H2,1-3H3,(H,13,15)/t11-/m0/s1. The highest BCUT2D eigenvalue weighted by atomic mass is 16.2. The Kier molecular flexibility index (Phi) is 2.55. The topological polar surface area (TPSA) is 34.0 Å². The fourth-order valence-electron chi connectivity index (χ4n) is 2.27. The molecule has 1 aromatic heterocycles. The second kappa shape index (κ2) is 3.72. The van der Waals surface area contributed by atoms with Crippen LogP contribution >= 0.6 is 0 Å². The average molecular weight is 206 g/mol. The molecule has 0 saturated carbocycles. The Morgan fingerprint density at radius 2 is 2.27 bits per heavy atom. The molecule has 3 nitrogen and oxygen atoms in total. The van der Waals surface area contributed by atoms with Crippen LogP contribution < -0.4 is 5.32 Å². The molecule has 82 valence electrons. The Labute approximate surface area is 90.5 Å². The van der Waals surface area contributed by atoms with Crippen molar-refractivity contribution < 1.29 is 4.79 Å². The van der Waals surface area contributed by atoms with Crippen LogP contribution in [-0.4, -0.2) is 10.5 Å². The second-order valence-corrected chi connectivity index (χ2v) is 4.70. The number of nitrogens with one attached hydrogen (secondary N) is 1. The molecular weight excluding hydrogens is 188 g/mol. The summed E-state index contributed by atoms with van der Waals surface area (Å²) in [5.74, 6) is 0.698. The van der Waals surface area contributed by atoms with Gasteiger partial charge in [0.05, 0.1) is 6.54 Å². The van der Waals surface area contributed by atoms with E-state index in [9.17, 15) is 4.79 Å².